The smallest absolute Gasteiger partial charge is 0.386 e. The Morgan fingerprint density at radius 2 is 1.57 bits per heavy atom. The minimum absolute atomic E-state index is 0.0277. The highest BCUT2D eigenvalue weighted by molar-refractivity contribution is 6.12. The molecule has 1 unspecified atom stereocenters. The van der Waals surface area contributed by atoms with E-state index < -0.39 is 78.2 Å². The van der Waals surface area contributed by atoms with Crippen LogP contribution < -0.4 is 32.1 Å². The van der Waals surface area contributed by atoms with E-state index in [2.05, 4.69) is 26.6 Å². The maximum Gasteiger partial charge on any atom is 0.386 e. The number of nitrogens with one attached hydrogen (secondary N) is 5. The normalized spacial score (nSPS) is 17.5. The number of carbonyl (C=O) groups excluding carboxylic acids is 9. The minimum atomic E-state index is -2.03. The lowest BCUT2D eigenvalue weighted by Gasteiger charge is -2.31. The van der Waals surface area contributed by atoms with Crippen molar-refractivity contribution in [1.82, 2.24) is 41.0 Å². The molecule has 77 heavy (non-hydrogen) atoms. The average molecular weight is 1060 g/mol. The van der Waals surface area contributed by atoms with Gasteiger partial charge < -0.3 is 41.0 Å². The third kappa shape index (κ3) is 12.1. The van der Waals surface area contributed by atoms with Crippen molar-refractivity contribution < 1.29 is 62.0 Å². The van der Waals surface area contributed by atoms with Crippen molar-refractivity contribution in [3.8, 4) is 11.4 Å². The standard InChI is InChI=1S/C55H60FN9O12/c1-4-55(76)37-23-41-51-35(29-65(41)53(74)36(37)30-77-54(55)75)49-33(16-17-34-31(2)38(56)24-39(62-51)50(34)49)28-63(3)46(70)15-11-20-57-43(67)26-60-52(73)40(22-32-12-7-5-8-13-32)61-45(69)27-59-44(68)25-58-42(66)14-9-6-10-21-64-47(71)18-19-48(64)72/h5,7-8,12-13,18-19,23-24,28,33,40,76H,4,6,9-11,14-17,20-22,25-27,29-30H2,1-3H3,(H4-,57,58,59,60,61,66,67,68,69,73)/p+1/b63-28-/t33?,40-,55-/m0/s1. The third-order valence-corrected chi connectivity index (χ3v) is 14.5. The lowest BCUT2D eigenvalue weighted by atomic mass is 9.78. The van der Waals surface area contributed by atoms with E-state index >= 15 is 4.39 Å². The van der Waals surface area contributed by atoms with Crippen molar-refractivity contribution in [3.63, 3.8) is 0 Å². The fraction of sp³-hybridized carbons (Fsp3) is 0.418. The first-order valence-corrected chi connectivity index (χ1v) is 25.7. The van der Waals surface area contributed by atoms with Gasteiger partial charge >= 0.3 is 11.9 Å². The highest BCUT2D eigenvalue weighted by Gasteiger charge is 2.46. The number of unbranched alkanes of at least 4 members (excludes halogenated alkanes) is 2. The Labute approximate surface area is 441 Å². The first-order chi connectivity index (χ1) is 36.9. The minimum Gasteiger partial charge on any atom is -0.458 e. The Morgan fingerprint density at radius 3 is 2.31 bits per heavy atom. The summed E-state index contributed by atoms with van der Waals surface area (Å²) in [6, 6.07) is 10.7. The van der Waals surface area contributed by atoms with Crippen molar-refractivity contribution >= 4 is 70.3 Å². The van der Waals surface area contributed by atoms with Gasteiger partial charge in [-0.25, -0.2) is 19.0 Å². The number of ether oxygens (including phenoxy) is 1. The molecule has 2 aromatic carbocycles. The number of hydrogen-bond acceptors (Lipinski definition) is 13. The highest BCUT2D eigenvalue weighted by atomic mass is 19.1. The van der Waals surface area contributed by atoms with E-state index in [1.165, 1.54) is 27.4 Å². The van der Waals surface area contributed by atoms with Gasteiger partial charge in [0.1, 0.15) is 25.5 Å². The Kier molecular flexibility index (Phi) is 16.9. The molecule has 21 nitrogen and oxygen atoms in total. The van der Waals surface area contributed by atoms with Crippen LogP contribution in [-0.2, 0) is 79.5 Å². The maximum absolute atomic E-state index is 15.4. The molecule has 2 aromatic heterocycles. The zero-order chi connectivity index (χ0) is 55.1. The molecule has 1 aliphatic carbocycles. The van der Waals surface area contributed by atoms with E-state index in [-0.39, 0.29) is 93.1 Å². The van der Waals surface area contributed by atoms with Crippen molar-refractivity contribution in [2.24, 2.45) is 0 Å². The number of rotatable bonds is 22. The number of aromatic nitrogens is 2. The lowest BCUT2D eigenvalue weighted by Crippen LogP contribution is -2.52. The number of cyclic esters (lactones) is 1. The maximum atomic E-state index is 15.4. The lowest BCUT2D eigenvalue weighted by molar-refractivity contribution is -0.416. The van der Waals surface area contributed by atoms with E-state index in [1.54, 1.807) is 57.3 Å². The fourth-order valence-corrected chi connectivity index (χ4v) is 10.3. The largest absolute Gasteiger partial charge is 0.458 e. The predicted octanol–water partition coefficient (Wildman–Crippen LogP) is 1.25. The number of carbonyl (C=O) groups is 9. The fourth-order valence-electron chi connectivity index (χ4n) is 10.3. The highest BCUT2D eigenvalue weighted by Crippen LogP contribution is 2.46. The van der Waals surface area contributed by atoms with Crippen LogP contribution in [-0.4, -0.2) is 129 Å². The number of amides is 8. The zero-order valence-corrected chi connectivity index (χ0v) is 43.1. The molecule has 4 aromatic rings. The summed E-state index contributed by atoms with van der Waals surface area (Å²) in [6.07, 6.45) is 7.28. The number of hydrogen-bond donors (Lipinski definition) is 6. The topological polar surface area (TPSA) is 284 Å². The van der Waals surface area contributed by atoms with E-state index in [0.29, 0.717) is 60.1 Å². The molecule has 0 fully saturated rings. The monoisotopic (exact) mass is 1060 g/mol. The quantitative estimate of drug-likeness (QED) is 0.0188. The van der Waals surface area contributed by atoms with E-state index in [1.807, 2.05) is 6.21 Å². The van der Waals surface area contributed by atoms with Gasteiger partial charge in [-0.1, -0.05) is 43.7 Å². The summed E-state index contributed by atoms with van der Waals surface area (Å²) in [7, 11) is 1.63. The van der Waals surface area contributed by atoms with Gasteiger partial charge in [-0.05, 0) is 73.8 Å². The number of fused-ring (bicyclic) bond motifs is 5. The predicted molar refractivity (Wildman–Crippen MR) is 275 cm³/mol. The molecule has 0 saturated carbocycles. The van der Waals surface area contributed by atoms with Crippen LogP contribution in [0.15, 0.2) is 59.4 Å². The average Bonchev–Trinajstić information content (AvgIpc) is 4.06. The van der Waals surface area contributed by atoms with Crippen molar-refractivity contribution in [2.75, 3.05) is 39.8 Å². The summed E-state index contributed by atoms with van der Waals surface area (Å²) in [4.78, 5) is 134. The first kappa shape index (κ1) is 55.0. The molecule has 8 rings (SSSR count). The Bertz CT molecular complexity index is 3210. The zero-order valence-electron chi connectivity index (χ0n) is 43.1. The Morgan fingerprint density at radius 1 is 0.870 bits per heavy atom. The third-order valence-electron chi connectivity index (χ3n) is 14.5. The molecule has 0 saturated heterocycles. The number of benzene rings is 2. The van der Waals surface area contributed by atoms with Crippen LogP contribution in [0.25, 0.3) is 22.3 Å². The van der Waals surface area contributed by atoms with Crippen LogP contribution in [0.1, 0.15) is 103 Å². The molecule has 22 heteroatoms. The second-order valence-electron chi connectivity index (χ2n) is 19.6. The molecule has 404 valence electrons. The van der Waals surface area contributed by atoms with Gasteiger partial charge in [-0.2, -0.15) is 4.58 Å². The van der Waals surface area contributed by atoms with E-state index in [9.17, 15) is 53.1 Å². The van der Waals surface area contributed by atoms with Crippen molar-refractivity contribution in [1.29, 1.82) is 0 Å². The van der Waals surface area contributed by atoms with E-state index in [0.717, 1.165) is 27.0 Å². The number of esters is 1. The van der Waals surface area contributed by atoms with Crippen LogP contribution in [0, 0.1) is 12.7 Å². The summed E-state index contributed by atoms with van der Waals surface area (Å²) < 4.78 is 23.7. The summed E-state index contributed by atoms with van der Waals surface area (Å²) in [5.41, 5.74) is 2.60. The number of aryl methyl sites for hydroxylation is 1. The number of nitrogens with zero attached hydrogens (tertiary/aromatic N) is 4. The molecule has 3 atom stereocenters. The molecule has 0 radical (unpaired) electrons. The van der Waals surface area contributed by atoms with Crippen LogP contribution in [0.3, 0.4) is 0 Å². The van der Waals surface area contributed by atoms with Crippen LogP contribution >= 0.6 is 0 Å². The number of imide groups is 1. The second kappa shape index (κ2) is 23.7. The van der Waals surface area contributed by atoms with Crippen LogP contribution in [0.2, 0.25) is 0 Å². The number of aliphatic hydroxyl groups is 1. The Hall–Kier alpha value is -8.27. The Balaban J connectivity index is 0.816. The van der Waals surface area contributed by atoms with Gasteiger partial charge in [-0.3, -0.25) is 43.3 Å². The molecular weight excluding hydrogens is 998 g/mol. The molecule has 3 aliphatic heterocycles. The van der Waals surface area contributed by atoms with Crippen LogP contribution in [0.5, 0.6) is 0 Å². The molecule has 0 bridgehead atoms. The van der Waals surface area contributed by atoms with Crippen molar-refractivity contribution in [3.05, 3.63) is 110 Å². The van der Waals surface area contributed by atoms with Gasteiger partial charge in [0.15, 0.2) is 11.8 Å². The molecule has 5 heterocycles. The van der Waals surface area contributed by atoms with Gasteiger partial charge in [0, 0.05) is 60.7 Å². The number of pyridine rings is 2. The summed E-state index contributed by atoms with van der Waals surface area (Å²) in [6.45, 7) is 2.19. The summed E-state index contributed by atoms with van der Waals surface area (Å²) in [5, 5.41) is 24.9. The molecular formula is C55H61FN9O12+. The molecule has 6 N–H and O–H groups in total. The van der Waals surface area contributed by atoms with Gasteiger partial charge in [0.2, 0.25) is 29.5 Å². The van der Waals surface area contributed by atoms with Gasteiger partial charge in [0.05, 0.1) is 61.0 Å². The van der Waals surface area contributed by atoms with Crippen LogP contribution in [0.4, 0.5) is 4.39 Å². The van der Waals surface area contributed by atoms with Gasteiger partial charge in [0.25, 0.3) is 17.4 Å². The SMILES string of the molecule is CC[C@@]1(O)C(=O)OCc2c1cc1n(c2=O)Cc2c-1nc1cc(F)c(C)c3c1c2C(/C=[N+](/C)C(=O)CCCNC(=O)CNC(=O)[C@H](Cc1ccccc1)NC(=O)CNC(=O)CNC(=O)CCCCCN1C(=O)C=CC1=O)CC3. The van der Waals surface area contributed by atoms with E-state index in [4.69, 9.17) is 9.72 Å². The number of halogens is 1. The first-order valence-electron chi connectivity index (χ1n) is 25.7. The second-order valence-corrected chi connectivity index (χ2v) is 19.6. The molecule has 8 amide bonds. The summed E-state index contributed by atoms with van der Waals surface area (Å²) >= 11 is 0. The molecule has 0 spiro atoms. The van der Waals surface area contributed by atoms with Crippen molar-refractivity contribution in [2.45, 2.75) is 109 Å². The summed E-state index contributed by atoms with van der Waals surface area (Å²) in [5.74, 6) is -5.53. The van der Waals surface area contributed by atoms with Gasteiger partial charge in [-0.15, -0.1) is 0 Å². The molecule has 4 aliphatic rings.